The van der Waals surface area contributed by atoms with Crippen molar-refractivity contribution in [3.05, 3.63) is 28.0 Å². The van der Waals surface area contributed by atoms with Gasteiger partial charge in [0.25, 0.3) is 5.91 Å². The molecule has 2 aromatic heterocycles. The van der Waals surface area contributed by atoms with Crippen LogP contribution in [0.1, 0.15) is 29.3 Å². The number of nitrogen functional groups attached to an aromatic ring is 1. The van der Waals surface area contributed by atoms with E-state index in [-0.39, 0.29) is 5.91 Å². The van der Waals surface area contributed by atoms with Crippen molar-refractivity contribution < 1.29 is 4.79 Å². The van der Waals surface area contributed by atoms with Gasteiger partial charge < -0.3 is 11.1 Å². The van der Waals surface area contributed by atoms with Gasteiger partial charge in [0.15, 0.2) is 0 Å². The second-order valence-corrected chi connectivity index (χ2v) is 5.90. The number of rotatable bonds is 4. The molecule has 0 bridgehead atoms. The predicted molar refractivity (Wildman–Crippen MR) is 79.4 cm³/mol. The summed E-state index contributed by atoms with van der Waals surface area (Å²) in [6.07, 6.45) is 0.920. The Labute approximate surface area is 115 Å². The Kier molecular flexibility index (Phi) is 4.04. The van der Waals surface area contributed by atoms with Crippen LogP contribution in [0.25, 0.3) is 10.4 Å². The lowest BCUT2D eigenvalue weighted by Gasteiger charge is -2.06. The van der Waals surface area contributed by atoms with Crippen LogP contribution in [0, 0.1) is 6.92 Å². The normalized spacial score (nSPS) is 10.6. The molecule has 3 nitrogen and oxygen atoms in total. The Morgan fingerprint density at radius 3 is 2.83 bits per heavy atom. The first-order valence-electron chi connectivity index (χ1n) is 5.84. The Morgan fingerprint density at radius 1 is 1.44 bits per heavy atom. The van der Waals surface area contributed by atoms with Gasteiger partial charge in [-0.05, 0) is 30.4 Å². The number of amides is 1. The van der Waals surface area contributed by atoms with Crippen LogP contribution in [0.5, 0.6) is 0 Å². The Balaban J connectivity index is 2.39. The quantitative estimate of drug-likeness (QED) is 0.900. The summed E-state index contributed by atoms with van der Waals surface area (Å²) in [6.45, 7) is 4.76. The highest BCUT2D eigenvalue weighted by molar-refractivity contribution is 7.16. The second kappa shape index (κ2) is 5.54. The fourth-order valence-electron chi connectivity index (χ4n) is 1.75. The number of anilines is 1. The minimum atomic E-state index is -0.0709. The van der Waals surface area contributed by atoms with Gasteiger partial charge >= 0.3 is 0 Å². The van der Waals surface area contributed by atoms with E-state index in [1.807, 2.05) is 24.6 Å². The van der Waals surface area contributed by atoms with Crippen LogP contribution in [-0.4, -0.2) is 12.5 Å². The van der Waals surface area contributed by atoms with E-state index in [4.69, 9.17) is 5.73 Å². The minimum Gasteiger partial charge on any atom is -0.390 e. The summed E-state index contributed by atoms with van der Waals surface area (Å²) in [7, 11) is 0. The number of carbonyl (C=O) groups is 1. The van der Waals surface area contributed by atoms with Crippen molar-refractivity contribution in [1.29, 1.82) is 0 Å². The maximum atomic E-state index is 12.1. The van der Waals surface area contributed by atoms with Crippen molar-refractivity contribution in [2.45, 2.75) is 20.3 Å². The van der Waals surface area contributed by atoms with Gasteiger partial charge in [0.2, 0.25) is 0 Å². The van der Waals surface area contributed by atoms with E-state index < -0.39 is 0 Å². The molecule has 2 heterocycles. The number of nitrogens with one attached hydrogen (secondary N) is 1. The molecule has 18 heavy (non-hydrogen) atoms. The smallest absolute Gasteiger partial charge is 0.254 e. The molecule has 0 atom stereocenters. The van der Waals surface area contributed by atoms with Crippen LogP contribution in [0.15, 0.2) is 16.8 Å². The third-order valence-electron chi connectivity index (χ3n) is 2.69. The molecule has 5 heteroatoms. The van der Waals surface area contributed by atoms with E-state index in [1.54, 1.807) is 11.3 Å². The van der Waals surface area contributed by atoms with Crippen molar-refractivity contribution >= 4 is 33.6 Å². The topological polar surface area (TPSA) is 55.1 Å². The molecule has 0 unspecified atom stereocenters. The zero-order valence-electron chi connectivity index (χ0n) is 10.4. The lowest BCUT2D eigenvalue weighted by atomic mass is 10.1. The summed E-state index contributed by atoms with van der Waals surface area (Å²) < 4.78 is 0. The summed E-state index contributed by atoms with van der Waals surface area (Å²) in [5.41, 5.74) is 8.70. The lowest BCUT2D eigenvalue weighted by molar-refractivity contribution is 0.0955. The fourth-order valence-corrected chi connectivity index (χ4v) is 3.58. The zero-order valence-corrected chi connectivity index (χ0v) is 12.1. The largest absolute Gasteiger partial charge is 0.390 e. The van der Waals surface area contributed by atoms with Crippen molar-refractivity contribution in [3.63, 3.8) is 0 Å². The molecule has 3 N–H and O–H groups in total. The number of hydrogen-bond donors (Lipinski definition) is 2. The van der Waals surface area contributed by atoms with Crippen molar-refractivity contribution in [2.24, 2.45) is 0 Å². The average Bonchev–Trinajstić information content (AvgIpc) is 2.92. The van der Waals surface area contributed by atoms with E-state index in [0.717, 1.165) is 16.9 Å². The summed E-state index contributed by atoms with van der Waals surface area (Å²) in [6, 6.07) is 2.06. The van der Waals surface area contributed by atoms with Gasteiger partial charge in [-0.15, -0.1) is 22.7 Å². The molecular weight excluding hydrogens is 264 g/mol. The van der Waals surface area contributed by atoms with Gasteiger partial charge in [0.1, 0.15) is 0 Å². The molecule has 0 spiro atoms. The van der Waals surface area contributed by atoms with Crippen molar-refractivity contribution in [3.8, 4) is 10.4 Å². The molecule has 0 aromatic carbocycles. The van der Waals surface area contributed by atoms with E-state index in [1.165, 1.54) is 16.9 Å². The number of aryl methyl sites for hydroxylation is 1. The number of carbonyl (C=O) groups excluding carboxylic acids is 1. The van der Waals surface area contributed by atoms with E-state index >= 15 is 0 Å². The number of hydrogen-bond acceptors (Lipinski definition) is 4. The molecule has 0 radical (unpaired) electrons. The maximum Gasteiger partial charge on any atom is 0.254 e. The van der Waals surface area contributed by atoms with Gasteiger partial charge in [-0.2, -0.15) is 0 Å². The van der Waals surface area contributed by atoms with Crippen molar-refractivity contribution in [2.75, 3.05) is 12.3 Å². The highest BCUT2D eigenvalue weighted by atomic mass is 32.1. The second-order valence-electron chi connectivity index (χ2n) is 4.08. The molecule has 0 saturated carbocycles. The van der Waals surface area contributed by atoms with Crippen LogP contribution in [-0.2, 0) is 0 Å². The SMILES string of the molecule is CCCNC(=O)c1c(-c2sccc2C)csc1N. The van der Waals surface area contributed by atoms with E-state index in [9.17, 15) is 4.79 Å². The first-order chi connectivity index (χ1) is 8.65. The first kappa shape index (κ1) is 13.1. The zero-order chi connectivity index (χ0) is 13.1. The minimum absolute atomic E-state index is 0.0709. The monoisotopic (exact) mass is 280 g/mol. The summed E-state index contributed by atoms with van der Waals surface area (Å²) >= 11 is 3.07. The van der Waals surface area contributed by atoms with Gasteiger partial charge in [0.05, 0.1) is 10.6 Å². The standard InChI is InChI=1S/C13H16N2OS2/c1-3-5-15-13(16)10-9(7-18-12(10)14)11-8(2)4-6-17-11/h4,6-7H,3,5,14H2,1-2H3,(H,15,16). The summed E-state index contributed by atoms with van der Waals surface area (Å²) in [4.78, 5) is 13.3. The maximum absolute atomic E-state index is 12.1. The first-order valence-corrected chi connectivity index (χ1v) is 7.60. The van der Waals surface area contributed by atoms with Crippen molar-refractivity contribution in [1.82, 2.24) is 5.32 Å². The average molecular weight is 280 g/mol. The molecule has 0 fully saturated rings. The third-order valence-corrected chi connectivity index (χ3v) is 4.55. The van der Waals surface area contributed by atoms with Gasteiger partial charge in [-0.1, -0.05) is 6.92 Å². The molecular formula is C13H16N2OS2. The Hall–Kier alpha value is -1.33. The molecule has 2 rings (SSSR count). The third kappa shape index (κ3) is 2.42. The molecule has 0 aliphatic heterocycles. The highest BCUT2D eigenvalue weighted by Crippen LogP contribution is 2.38. The Bertz CT molecular complexity index is 557. The summed E-state index contributed by atoms with van der Waals surface area (Å²) in [5, 5.41) is 7.48. The molecule has 1 amide bonds. The van der Waals surface area contributed by atoms with Crippen LogP contribution in [0.4, 0.5) is 5.00 Å². The highest BCUT2D eigenvalue weighted by Gasteiger charge is 2.19. The number of thiophene rings is 2. The fraction of sp³-hybridized carbons (Fsp3) is 0.308. The van der Waals surface area contributed by atoms with Crippen LogP contribution < -0.4 is 11.1 Å². The molecule has 0 saturated heterocycles. The van der Waals surface area contributed by atoms with E-state index in [2.05, 4.69) is 11.4 Å². The van der Waals surface area contributed by atoms with Crippen LogP contribution in [0.3, 0.4) is 0 Å². The lowest BCUT2D eigenvalue weighted by Crippen LogP contribution is -2.24. The van der Waals surface area contributed by atoms with Gasteiger partial charge in [0, 0.05) is 22.4 Å². The molecule has 96 valence electrons. The molecule has 2 aromatic rings. The molecule has 0 aliphatic rings. The number of nitrogens with two attached hydrogens (primary N) is 1. The van der Waals surface area contributed by atoms with Gasteiger partial charge in [-0.3, -0.25) is 4.79 Å². The predicted octanol–water partition coefficient (Wildman–Crippen LogP) is 3.51. The van der Waals surface area contributed by atoms with Gasteiger partial charge in [-0.25, -0.2) is 0 Å². The van der Waals surface area contributed by atoms with Crippen LogP contribution >= 0.6 is 22.7 Å². The molecule has 0 aliphatic carbocycles. The van der Waals surface area contributed by atoms with Crippen LogP contribution in [0.2, 0.25) is 0 Å². The summed E-state index contributed by atoms with van der Waals surface area (Å²) in [5.74, 6) is -0.0709. The van der Waals surface area contributed by atoms with E-state index in [0.29, 0.717) is 17.1 Å². The Morgan fingerprint density at radius 2 is 2.22 bits per heavy atom.